The molecule has 1 aliphatic rings. The summed E-state index contributed by atoms with van der Waals surface area (Å²) in [7, 11) is 1.56. The molecule has 0 aliphatic carbocycles. The fourth-order valence-corrected chi connectivity index (χ4v) is 6.32. The van der Waals surface area contributed by atoms with Crippen molar-refractivity contribution in [2.45, 2.75) is 19.9 Å². The Bertz CT molecular complexity index is 2120. The number of rotatable bonds is 7. The van der Waals surface area contributed by atoms with Gasteiger partial charge < -0.3 is 19.0 Å². The predicted molar refractivity (Wildman–Crippen MR) is 162 cm³/mol. The van der Waals surface area contributed by atoms with Crippen molar-refractivity contribution in [3.05, 3.63) is 121 Å². The van der Waals surface area contributed by atoms with Gasteiger partial charge in [-0.15, -0.1) is 0 Å². The fraction of sp³-hybridized carbons (Fsp3) is 0.152. The number of hydrogen-bond acceptors (Lipinski definition) is 8. The number of benzene rings is 3. The summed E-state index contributed by atoms with van der Waals surface area (Å²) in [6, 6.07) is 20.5. The number of thiazole rings is 1. The zero-order valence-corrected chi connectivity index (χ0v) is 24.3. The summed E-state index contributed by atoms with van der Waals surface area (Å²) in [5, 5.41) is 10.9. The van der Waals surface area contributed by atoms with Gasteiger partial charge in [-0.25, -0.2) is 14.6 Å². The first-order valence-electron chi connectivity index (χ1n) is 13.5. The molecule has 0 amide bonds. The van der Waals surface area contributed by atoms with Crippen LogP contribution in [0.25, 0.3) is 28.2 Å². The zero-order valence-electron chi connectivity index (χ0n) is 23.5. The van der Waals surface area contributed by atoms with Gasteiger partial charge in [-0.1, -0.05) is 53.8 Å². The second-order valence-corrected chi connectivity index (χ2v) is 10.8. The van der Waals surface area contributed by atoms with Crippen LogP contribution in [-0.4, -0.2) is 35.3 Å². The van der Waals surface area contributed by atoms with Gasteiger partial charge in [0.2, 0.25) is 0 Å². The van der Waals surface area contributed by atoms with Crippen LogP contribution in [0.15, 0.2) is 98.3 Å². The summed E-state index contributed by atoms with van der Waals surface area (Å²) in [6.07, 6.45) is 1.64. The van der Waals surface area contributed by atoms with Crippen LogP contribution in [0.2, 0.25) is 0 Å². The van der Waals surface area contributed by atoms with E-state index in [0.29, 0.717) is 43.4 Å². The Kier molecular flexibility index (Phi) is 7.29. The van der Waals surface area contributed by atoms with Crippen molar-refractivity contribution in [2.75, 3.05) is 13.7 Å². The summed E-state index contributed by atoms with van der Waals surface area (Å²) in [6.45, 7) is 3.64. The minimum atomic E-state index is -1.01. The highest BCUT2D eigenvalue weighted by atomic mass is 32.1. The lowest BCUT2D eigenvalue weighted by molar-refractivity contribution is -0.139. The van der Waals surface area contributed by atoms with Crippen LogP contribution in [0.3, 0.4) is 0 Å². The number of hydrogen-bond donors (Lipinski definition) is 1. The number of carbonyl (C=O) groups is 2. The topological polar surface area (TPSA) is 120 Å². The average molecular weight is 595 g/mol. The molecule has 5 aromatic rings. The molecular weight excluding hydrogens is 568 g/mol. The van der Waals surface area contributed by atoms with E-state index >= 15 is 0 Å². The third-order valence-electron chi connectivity index (χ3n) is 7.26. The van der Waals surface area contributed by atoms with Crippen molar-refractivity contribution >= 4 is 40.1 Å². The molecule has 0 saturated carbocycles. The van der Waals surface area contributed by atoms with Gasteiger partial charge >= 0.3 is 11.9 Å². The highest BCUT2D eigenvalue weighted by Gasteiger charge is 2.36. The monoisotopic (exact) mass is 594 g/mol. The number of esters is 1. The van der Waals surface area contributed by atoms with E-state index in [1.54, 1.807) is 51.3 Å². The molecule has 0 saturated heterocycles. The number of carboxylic acid groups (broad SMARTS) is 1. The van der Waals surface area contributed by atoms with E-state index in [2.05, 4.69) is 4.99 Å². The number of allylic oxidation sites excluding steroid dienone is 1. The second-order valence-electron chi connectivity index (χ2n) is 9.79. The molecule has 216 valence electrons. The Morgan fingerprint density at radius 1 is 1.07 bits per heavy atom. The second kappa shape index (κ2) is 11.2. The van der Waals surface area contributed by atoms with Crippen molar-refractivity contribution in [1.82, 2.24) is 4.57 Å². The first kappa shape index (κ1) is 27.9. The number of carbonyl (C=O) groups excluding carboxylic acids is 1. The Morgan fingerprint density at radius 3 is 2.56 bits per heavy atom. The Morgan fingerprint density at radius 2 is 1.84 bits per heavy atom. The van der Waals surface area contributed by atoms with E-state index in [-0.39, 0.29) is 23.3 Å². The van der Waals surface area contributed by atoms with E-state index in [9.17, 15) is 19.5 Å². The molecular formula is C33H26N2O7S. The largest absolute Gasteiger partial charge is 0.496 e. The van der Waals surface area contributed by atoms with Crippen molar-refractivity contribution < 1.29 is 28.6 Å². The molecule has 0 spiro atoms. The van der Waals surface area contributed by atoms with Crippen molar-refractivity contribution in [3.8, 4) is 17.1 Å². The Labute approximate surface area is 249 Å². The lowest BCUT2D eigenvalue weighted by Crippen LogP contribution is -2.40. The first-order chi connectivity index (χ1) is 20.8. The minimum Gasteiger partial charge on any atom is -0.496 e. The Hall–Kier alpha value is -5.22. The van der Waals surface area contributed by atoms with E-state index in [4.69, 9.17) is 13.9 Å². The number of carboxylic acids is 1. The fourth-order valence-electron chi connectivity index (χ4n) is 5.29. The maximum absolute atomic E-state index is 14.1. The van der Waals surface area contributed by atoms with E-state index in [0.717, 1.165) is 10.8 Å². The van der Waals surface area contributed by atoms with Gasteiger partial charge in [0, 0.05) is 17.2 Å². The number of methoxy groups -OCH3 is 1. The summed E-state index contributed by atoms with van der Waals surface area (Å²) < 4.78 is 19.1. The van der Waals surface area contributed by atoms with Crippen LogP contribution < -0.4 is 19.6 Å². The van der Waals surface area contributed by atoms with E-state index < -0.39 is 18.0 Å². The number of ether oxygens (including phenoxy) is 2. The minimum absolute atomic E-state index is 0.166. The molecule has 1 atom stereocenters. The summed E-state index contributed by atoms with van der Waals surface area (Å²) in [5.41, 5.74) is 1.91. The molecule has 6 rings (SSSR count). The summed E-state index contributed by atoms with van der Waals surface area (Å²) >= 11 is 1.19. The van der Waals surface area contributed by atoms with Gasteiger partial charge in [-0.3, -0.25) is 9.36 Å². The number of aromatic nitrogens is 1. The molecule has 1 N–H and O–H groups in total. The molecule has 43 heavy (non-hydrogen) atoms. The number of aromatic carboxylic acids is 1. The lowest BCUT2D eigenvalue weighted by Gasteiger charge is -2.27. The van der Waals surface area contributed by atoms with Crippen LogP contribution in [-0.2, 0) is 9.53 Å². The molecule has 10 heteroatoms. The van der Waals surface area contributed by atoms with Gasteiger partial charge in [0.1, 0.15) is 23.3 Å². The quantitative estimate of drug-likeness (QED) is 0.266. The van der Waals surface area contributed by atoms with E-state index in [1.807, 2.05) is 36.4 Å². The molecule has 3 heterocycles. The van der Waals surface area contributed by atoms with Crippen LogP contribution in [0.1, 0.15) is 41.6 Å². The van der Waals surface area contributed by atoms with E-state index in [1.165, 1.54) is 28.0 Å². The Balaban J connectivity index is 1.53. The molecule has 3 aromatic carbocycles. The third kappa shape index (κ3) is 4.95. The molecule has 9 nitrogen and oxygen atoms in total. The molecule has 2 aromatic heterocycles. The average Bonchev–Trinajstić information content (AvgIpc) is 3.60. The van der Waals surface area contributed by atoms with Gasteiger partial charge in [0.15, 0.2) is 4.80 Å². The zero-order chi connectivity index (χ0) is 30.2. The molecule has 0 fully saturated rings. The lowest BCUT2D eigenvalue weighted by atomic mass is 9.90. The van der Waals surface area contributed by atoms with Crippen molar-refractivity contribution in [2.24, 2.45) is 4.99 Å². The normalized spacial score (nSPS) is 14.9. The maximum atomic E-state index is 14.1. The van der Waals surface area contributed by atoms with Gasteiger partial charge in [0.05, 0.1) is 35.1 Å². The van der Waals surface area contributed by atoms with Crippen molar-refractivity contribution in [1.29, 1.82) is 0 Å². The van der Waals surface area contributed by atoms with Crippen LogP contribution in [0.5, 0.6) is 5.75 Å². The van der Waals surface area contributed by atoms with Gasteiger partial charge in [0.25, 0.3) is 5.56 Å². The van der Waals surface area contributed by atoms with Gasteiger partial charge in [-0.05, 0) is 55.0 Å². The SMILES string of the molecule is CCOC(=O)C1=C(C)N=c2s/c(=C/c3ccc(-c4ccc(C(=O)O)cc4)o3)c(=O)n2C1c1c(OC)ccc2ccccc12. The number of furan rings is 1. The number of fused-ring (bicyclic) bond motifs is 2. The smallest absolute Gasteiger partial charge is 0.338 e. The van der Waals surface area contributed by atoms with Gasteiger partial charge in [-0.2, -0.15) is 0 Å². The van der Waals surface area contributed by atoms with Crippen LogP contribution in [0.4, 0.5) is 0 Å². The maximum Gasteiger partial charge on any atom is 0.338 e. The first-order valence-corrected chi connectivity index (χ1v) is 14.3. The van der Waals surface area contributed by atoms with Crippen LogP contribution >= 0.6 is 11.3 Å². The highest BCUT2D eigenvalue weighted by Crippen LogP contribution is 2.40. The molecule has 1 aliphatic heterocycles. The summed E-state index contributed by atoms with van der Waals surface area (Å²) in [5.74, 6) is -0.0808. The molecule has 0 bridgehead atoms. The van der Waals surface area contributed by atoms with Crippen molar-refractivity contribution in [3.63, 3.8) is 0 Å². The summed E-state index contributed by atoms with van der Waals surface area (Å²) in [4.78, 5) is 43.8. The molecule has 1 unspecified atom stereocenters. The third-order valence-corrected chi connectivity index (χ3v) is 8.24. The highest BCUT2D eigenvalue weighted by molar-refractivity contribution is 7.07. The number of nitrogens with zero attached hydrogens (tertiary/aromatic N) is 2. The standard InChI is InChI=1S/C33H26N2O7S/c1-4-41-32(39)27-18(2)34-33-35(29(27)28-23-8-6-5-7-19(23)13-15-25(28)40-3)30(36)26(43-33)17-22-14-16-24(42-22)20-9-11-21(12-10-20)31(37)38/h5-17,29H,4H2,1-3H3,(H,37,38)/b26-17+. The van der Waals surface area contributed by atoms with Crippen LogP contribution in [0, 0.1) is 0 Å². The molecule has 0 radical (unpaired) electrons. The predicted octanol–water partition coefficient (Wildman–Crippen LogP) is 4.92.